The van der Waals surface area contributed by atoms with Crippen LogP contribution in [0.2, 0.25) is 0 Å². The van der Waals surface area contributed by atoms with Gasteiger partial charge in [0.2, 0.25) is 15.9 Å². The Kier molecular flexibility index (Phi) is 7.37. The predicted molar refractivity (Wildman–Crippen MR) is 145 cm³/mol. The van der Waals surface area contributed by atoms with E-state index in [0.717, 1.165) is 21.3 Å². The molecular weight excluding hydrogens is 514 g/mol. The van der Waals surface area contributed by atoms with E-state index >= 15 is 0 Å². The van der Waals surface area contributed by atoms with Gasteiger partial charge in [-0.25, -0.2) is 16.8 Å². The van der Waals surface area contributed by atoms with Gasteiger partial charge in [0.1, 0.15) is 12.3 Å². The summed E-state index contributed by atoms with van der Waals surface area (Å²) in [5, 5.41) is 4.27. The number of methoxy groups -OCH3 is 1. The number of hydrogen-bond donors (Lipinski definition) is 2. The van der Waals surface area contributed by atoms with Gasteiger partial charge < -0.3 is 10.1 Å². The number of carbonyl (C=O) groups is 1. The monoisotopic (exact) mass is 539 g/mol. The molecule has 0 unspecified atom stereocenters. The van der Waals surface area contributed by atoms with E-state index in [0.29, 0.717) is 22.8 Å². The fourth-order valence-corrected chi connectivity index (χ4v) is 5.65. The van der Waals surface area contributed by atoms with E-state index in [1.807, 2.05) is 30.3 Å². The van der Waals surface area contributed by atoms with Crippen LogP contribution < -0.4 is 19.1 Å². The number of benzene rings is 4. The normalized spacial score (nSPS) is 11.6. The molecule has 37 heavy (non-hydrogen) atoms. The Morgan fingerprint density at radius 2 is 1.49 bits per heavy atom. The molecule has 4 rings (SSSR count). The Labute approximate surface area is 215 Å². The highest BCUT2D eigenvalue weighted by Gasteiger charge is 2.21. The summed E-state index contributed by atoms with van der Waals surface area (Å²) in [6.45, 7) is -0.464. The lowest BCUT2D eigenvalue weighted by molar-refractivity contribution is -0.114. The van der Waals surface area contributed by atoms with E-state index in [2.05, 4.69) is 10.0 Å². The molecule has 1 amide bonds. The van der Waals surface area contributed by atoms with Crippen molar-refractivity contribution in [1.82, 2.24) is 0 Å². The van der Waals surface area contributed by atoms with Crippen LogP contribution in [0, 0.1) is 0 Å². The van der Waals surface area contributed by atoms with Gasteiger partial charge in [-0.2, -0.15) is 0 Å². The molecule has 0 saturated heterocycles. The third-order valence-corrected chi connectivity index (χ3v) is 8.05. The first kappa shape index (κ1) is 26.0. The summed E-state index contributed by atoms with van der Waals surface area (Å²) in [6.07, 6.45) is 1.01. The molecule has 192 valence electrons. The topological polar surface area (TPSA) is 122 Å². The van der Waals surface area contributed by atoms with E-state index in [-0.39, 0.29) is 4.90 Å². The molecule has 0 fully saturated rings. The van der Waals surface area contributed by atoms with Gasteiger partial charge >= 0.3 is 0 Å². The van der Waals surface area contributed by atoms with Crippen molar-refractivity contribution in [2.75, 3.05) is 34.3 Å². The number of nitrogens with one attached hydrogen (secondary N) is 2. The maximum absolute atomic E-state index is 13.0. The van der Waals surface area contributed by atoms with Crippen molar-refractivity contribution in [3.8, 4) is 5.75 Å². The minimum Gasteiger partial charge on any atom is -0.497 e. The highest BCUT2D eigenvalue weighted by molar-refractivity contribution is 7.92. The second-order valence-corrected chi connectivity index (χ2v) is 11.8. The maximum Gasteiger partial charge on any atom is 0.261 e. The van der Waals surface area contributed by atoms with Crippen molar-refractivity contribution in [1.29, 1.82) is 0 Å². The number of carbonyl (C=O) groups excluding carboxylic acids is 1. The van der Waals surface area contributed by atoms with Crippen molar-refractivity contribution in [2.24, 2.45) is 0 Å². The van der Waals surface area contributed by atoms with Gasteiger partial charge in [0, 0.05) is 11.1 Å². The van der Waals surface area contributed by atoms with Crippen LogP contribution in [0.15, 0.2) is 95.9 Å². The summed E-state index contributed by atoms with van der Waals surface area (Å²) in [5.74, 6) is -0.0441. The average Bonchev–Trinajstić information content (AvgIpc) is 2.87. The lowest BCUT2D eigenvalue weighted by Gasteiger charge is -2.22. The van der Waals surface area contributed by atoms with Gasteiger partial charge in [-0.15, -0.1) is 0 Å². The molecule has 9 nitrogen and oxygen atoms in total. The van der Waals surface area contributed by atoms with Gasteiger partial charge in [-0.1, -0.05) is 36.4 Å². The molecule has 2 N–H and O–H groups in total. The van der Waals surface area contributed by atoms with Crippen LogP contribution in [0.25, 0.3) is 10.8 Å². The number of anilines is 3. The summed E-state index contributed by atoms with van der Waals surface area (Å²) in [5.41, 5.74) is 1.08. The van der Waals surface area contributed by atoms with Crippen LogP contribution in [0.1, 0.15) is 0 Å². The van der Waals surface area contributed by atoms with E-state index in [1.54, 1.807) is 24.3 Å². The molecule has 4 aromatic carbocycles. The highest BCUT2D eigenvalue weighted by Crippen LogP contribution is 2.26. The van der Waals surface area contributed by atoms with E-state index in [9.17, 15) is 21.6 Å². The minimum atomic E-state index is -3.89. The first-order chi connectivity index (χ1) is 17.6. The zero-order chi connectivity index (χ0) is 26.6. The Morgan fingerprint density at radius 3 is 2.14 bits per heavy atom. The summed E-state index contributed by atoms with van der Waals surface area (Å²) < 4.78 is 59.2. The van der Waals surface area contributed by atoms with E-state index < -0.39 is 32.5 Å². The van der Waals surface area contributed by atoms with Crippen LogP contribution >= 0.6 is 0 Å². The molecule has 4 aromatic rings. The molecule has 0 aliphatic rings. The largest absolute Gasteiger partial charge is 0.497 e. The second-order valence-electron chi connectivity index (χ2n) is 8.17. The van der Waals surface area contributed by atoms with Crippen molar-refractivity contribution in [3.63, 3.8) is 0 Å². The molecule has 0 radical (unpaired) electrons. The van der Waals surface area contributed by atoms with Crippen LogP contribution in [0.3, 0.4) is 0 Å². The van der Waals surface area contributed by atoms with Crippen LogP contribution in [0.4, 0.5) is 17.1 Å². The van der Waals surface area contributed by atoms with Crippen molar-refractivity contribution in [2.45, 2.75) is 4.90 Å². The number of sulfonamides is 2. The van der Waals surface area contributed by atoms with Gasteiger partial charge in [0.25, 0.3) is 10.0 Å². The van der Waals surface area contributed by atoms with Gasteiger partial charge in [-0.3, -0.25) is 13.8 Å². The SMILES string of the molecule is COc1ccc(N(CC(=O)Nc2ccc(S(=O)(=O)Nc3cccc4ccccc34)cc2)S(C)(=O)=O)cc1. The van der Waals surface area contributed by atoms with Crippen LogP contribution in [0.5, 0.6) is 5.75 Å². The van der Waals surface area contributed by atoms with Gasteiger partial charge in [-0.05, 0) is 60.0 Å². The number of rotatable bonds is 9. The molecule has 0 aliphatic heterocycles. The average molecular weight is 540 g/mol. The Morgan fingerprint density at radius 1 is 0.838 bits per heavy atom. The van der Waals surface area contributed by atoms with Gasteiger partial charge in [0.15, 0.2) is 0 Å². The van der Waals surface area contributed by atoms with E-state index in [1.165, 1.54) is 43.5 Å². The number of ether oxygens (including phenoxy) is 1. The lowest BCUT2D eigenvalue weighted by atomic mass is 10.1. The molecule has 0 saturated carbocycles. The molecule has 0 bridgehead atoms. The molecule has 11 heteroatoms. The summed E-state index contributed by atoms with van der Waals surface area (Å²) in [6, 6.07) is 24.6. The number of fused-ring (bicyclic) bond motifs is 1. The fraction of sp³-hybridized carbons (Fsp3) is 0.115. The lowest BCUT2D eigenvalue weighted by Crippen LogP contribution is -2.37. The number of nitrogens with zero attached hydrogens (tertiary/aromatic N) is 1. The smallest absolute Gasteiger partial charge is 0.261 e. The minimum absolute atomic E-state index is 0.00873. The maximum atomic E-state index is 13.0. The second kappa shape index (κ2) is 10.5. The molecule has 0 atom stereocenters. The quantitative estimate of drug-likeness (QED) is 0.331. The van der Waals surface area contributed by atoms with Crippen molar-refractivity contribution in [3.05, 3.63) is 91.0 Å². The van der Waals surface area contributed by atoms with Gasteiger partial charge in [0.05, 0.1) is 29.6 Å². The first-order valence-corrected chi connectivity index (χ1v) is 14.4. The van der Waals surface area contributed by atoms with Crippen molar-refractivity contribution >= 4 is 53.8 Å². The molecule has 0 aliphatic carbocycles. The fourth-order valence-electron chi connectivity index (χ4n) is 3.71. The van der Waals surface area contributed by atoms with Crippen LogP contribution in [-0.2, 0) is 24.8 Å². The summed E-state index contributed by atoms with van der Waals surface area (Å²) >= 11 is 0. The summed E-state index contributed by atoms with van der Waals surface area (Å²) in [7, 11) is -6.15. The standard InChI is InChI=1S/C26H25N3O6S2/c1-35-22-14-12-21(13-15-22)29(36(2,31)32)18-26(30)27-20-10-16-23(17-11-20)37(33,34)28-25-9-5-7-19-6-3-4-8-24(19)25/h3-17,28H,18H2,1-2H3,(H,27,30). The highest BCUT2D eigenvalue weighted by atomic mass is 32.2. The molecule has 0 heterocycles. The first-order valence-electron chi connectivity index (χ1n) is 11.1. The zero-order valence-electron chi connectivity index (χ0n) is 20.1. The van der Waals surface area contributed by atoms with Crippen molar-refractivity contribution < 1.29 is 26.4 Å². The zero-order valence-corrected chi connectivity index (χ0v) is 21.7. The number of amides is 1. The Bertz CT molecular complexity index is 1630. The molecular formula is C26H25N3O6S2. The third kappa shape index (κ3) is 6.19. The molecule has 0 spiro atoms. The third-order valence-electron chi connectivity index (χ3n) is 5.53. The number of hydrogen-bond acceptors (Lipinski definition) is 6. The Hall–Kier alpha value is -4.09. The Balaban J connectivity index is 1.47. The predicted octanol–water partition coefficient (Wildman–Crippen LogP) is 4.05. The van der Waals surface area contributed by atoms with Crippen LogP contribution in [-0.4, -0.2) is 42.7 Å². The molecule has 0 aromatic heterocycles. The summed E-state index contributed by atoms with van der Waals surface area (Å²) in [4.78, 5) is 12.6. The van der Waals surface area contributed by atoms with E-state index in [4.69, 9.17) is 4.74 Å².